The average Bonchev–Trinajstić information content (AvgIpc) is 3.25. The average molecular weight is 955 g/mol. The largest absolute Gasteiger partial charge is 0.480 e. The van der Waals surface area contributed by atoms with Crippen molar-refractivity contribution in [2.75, 3.05) is 36.1 Å². The maximum atomic E-state index is 14.9. The van der Waals surface area contributed by atoms with E-state index in [9.17, 15) is 63.0 Å². The number of nitrogen functional groups attached to an aromatic ring is 2. The van der Waals surface area contributed by atoms with Crippen molar-refractivity contribution >= 4 is 88.4 Å². The first-order chi connectivity index (χ1) is 30.6. The monoisotopic (exact) mass is 954 g/mol. The molecule has 0 bridgehead atoms. The number of Topliss-reactive ketones (excluding diaryl/α,β-unsaturated/α-hetero) is 1. The number of carboxylic acid groups (broad SMARTS) is 4. The summed E-state index contributed by atoms with van der Waals surface area (Å²) in [6, 6.07) is -5.75. The van der Waals surface area contributed by atoms with Gasteiger partial charge in [-0.3, -0.25) is 52.7 Å². The van der Waals surface area contributed by atoms with E-state index in [4.69, 9.17) is 33.1 Å². The first-order valence-corrected chi connectivity index (χ1v) is 21.7. The zero-order valence-electron chi connectivity index (χ0n) is 34.4. The van der Waals surface area contributed by atoms with E-state index in [0.717, 1.165) is 23.5 Å². The van der Waals surface area contributed by atoms with Crippen LogP contribution in [0.15, 0.2) is 22.0 Å². The van der Waals surface area contributed by atoms with Crippen LogP contribution in [0.3, 0.4) is 0 Å². The molecule has 0 saturated heterocycles. The van der Waals surface area contributed by atoms with E-state index in [1.165, 1.54) is 12.4 Å². The van der Waals surface area contributed by atoms with Crippen molar-refractivity contribution < 1.29 is 63.6 Å². The molecular formula is C36H50N12O15S2. The van der Waals surface area contributed by atoms with E-state index < -0.39 is 148 Å². The summed E-state index contributed by atoms with van der Waals surface area (Å²) in [5.41, 5.74) is 21.4. The summed E-state index contributed by atoms with van der Waals surface area (Å²) >= 11 is 1.83. The number of aromatic nitrogens is 4. The Morgan fingerprint density at radius 2 is 1.03 bits per heavy atom. The van der Waals surface area contributed by atoms with Crippen LogP contribution in [0.25, 0.3) is 0 Å². The number of hydrogen-bond donors (Lipinski definition) is 14. The maximum absolute atomic E-state index is 14.9. The van der Waals surface area contributed by atoms with Gasteiger partial charge in [0.1, 0.15) is 43.0 Å². The van der Waals surface area contributed by atoms with Crippen molar-refractivity contribution in [3.8, 4) is 0 Å². The standard InChI is InChI=1S/C36H50N12O15S2/c37-16(35(60)61)4-6-22(49)45-20(31(56)43-10-24(51)52)12-64-27(18-8-41-33(58)29(39)47-18)14-2-1-3-15(26(14)55)28(19-9-42-34(59)30(40)48-19)65-13-21(32(57)44-11-25(53)54)46-23(50)7-5-17(38)36(62)63/h8-9,14-17,20-21,27-28H,1-7,10-13,37-38H2,(H2,39,47)(H2,40,48)(H,41,58)(H,42,59)(H,43,56)(H,44,57)(H,45,49)(H,46,50)(H,51,52)(H,53,54)(H,60,61)(H,62,63). The Balaban J connectivity index is 2.03. The van der Waals surface area contributed by atoms with E-state index >= 15 is 0 Å². The van der Waals surface area contributed by atoms with E-state index in [1.54, 1.807) is 0 Å². The molecule has 2 aromatic heterocycles. The Kier molecular flexibility index (Phi) is 20.3. The van der Waals surface area contributed by atoms with Crippen LogP contribution in [0.4, 0.5) is 11.6 Å². The number of hydrogen-bond acceptors (Lipinski definition) is 19. The van der Waals surface area contributed by atoms with Crippen molar-refractivity contribution in [1.82, 2.24) is 41.2 Å². The number of nitrogens with zero attached hydrogens (tertiary/aromatic N) is 2. The van der Waals surface area contributed by atoms with Gasteiger partial charge >= 0.3 is 23.9 Å². The number of aromatic amines is 2. The number of thioether (sulfide) groups is 2. The van der Waals surface area contributed by atoms with Crippen LogP contribution < -0.4 is 55.3 Å². The summed E-state index contributed by atoms with van der Waals surface area (Å²) in [6.45, 7) is -1.67. The Bertz CT molecular complexity index is 2080. The third kappa shape index (κ3) is 16.5. The van der Waals surface area contributed by atoms with Gasteiger partial charge in [-0.2, -0.15) is 0 Å². The summed E-state index contributed by atoms with van der Waals surface area (Å²) in [5.74, 6) is -13.2. The highest BCUT2D eigenvalue weighted by Crippen LogP contribution is 2.48. The summed E-state index contributed by atoms with van der Waals surface area (Å²) in [6.07, 6.45) is 1.59. The van der Waals surface area contributed by atoms with Gasteiger partial charge < -0.3 is 74.6 Å². The zero-order valence-corrected chi connectivity index (χ0v) is 36.0. The Morgan fingerprint density at radius 1 is 0.662 bits per heavy atom. The number of anilines is 2. The topological polar surface area (TPSA) is 478 Å². The minimum Gasteiger partial charge on any atom is -0.480 e. The van der Waals surface area contributed by atoms with Crippen molar-refractivity contribution in [2.45, 2.75) is 79.6 Å². The molecule has 1 aliphatic rings. The molecule has 8 unspecified atom stereocenters. The molecule has 18 N–H and O–H groups in total. The van der Waals surface area contributed by atoms with E-state index in [2.05, 4.69) is 41.2 Å². The Labute approximate surface area is 375 Å². The van der Waals surface area contributed by atoms with Gasteiger partial charge in [0.05, 0.1) is 21.9 Å². The van der Waals surface area contributed by atoms with Crippen LogP contribution in [0.5, 0.6) is 0 Å². The number of carbonyl (C=O) groups excluding carboxylic acids is 5. The highest BCUT2D eigenvalue weighted by molar-refractivity contribution is 7.99. The van der Waals surface area contributed by atoms with Crippen molar-refractivity contribution in [2.24, 2.45) is 23.3 Å². The molecule has 29 heteroatoms. The minimum absolute atomic E-state index is 0.0608. The fraction of sp³-hybridized carbons (Fsp3) is 0.528. The predicted molar refractivity (Wildman–Crippen MR) is 230 cm³/mol. The van der Waals surface area contributed by atoms with Gasteiger partial charge in [0.15, 0.2) is 11.6 Å². The number of aliphatic carboxylic acids is 4. The molecule has 1 saturated carbocycles. The van der Waals surface area contributed by atoms with E-state index in [1.807, 2.05) is 0 Å². The number of H-pyrrole nitrogens is 2. The lowest BCUT2D eigenvalue weighted by molar-refractivity contribution is -0.140. The number of carboxylic acids is 4. The second kappa shape index (κ2) is 25.0. The molecule has 356 valence electrons. The Morgan fingerprint density at radius 3 is 1.35 bits per heavy atom. The lowest BCUT2D eigenvalue weighted by Crippen LogP contribution is -2.50. The summed E-state index contributed by atoms with van der Waals surface area (Å²) in [4.78, 5) is 150. The molecular weight excluding hydrogens is 905 g/mol. The summed E-state index contributed by atoms with van der Waals surface area (Å²) in [5, 5.41) is 43.7. The van der Waals surface area contributed by atoms with Crippen molar-refractivity contribution in [3.05, 3.63) is 44.5 Å². The minimum atomic E-state index is -1.47. The van der Waals surface area contributed by atoms with Gasteiger partial charge in [0.25, 0.3) is 11.1 Å². The Hall–Kier alpha value is -6.59. The van der Waals surface area contributed by atoms with Crippen LogP contribution in [0.2, 0.25) is 0 Å². The smallest absolute Gasteiger partial charge is 0.322 e. The molecule has 1 fully saturated rings. The predicted octanol–water partition coefficient (Wildman–Crippen LogP) is -3.99. The van der Waals surface area contributed by atoms with Crippen LogP contribution >= 0.6 is 23.5 Å². The molecule has 4 amide bonds. The SMILES string of the molecule is Nc1nc(C(SCC(NC(=O)CCC(N)C(=O)O)C(=O)NCC(=O)O)C2CCCC(C(SCC(NC(=O)CCC(N)C(=O)O)C(=O)NCC(=O)O)c3c[nH]c(=O)c(N)n3)C2=O)c[nH]c1=O. The second-order valence-electron chi connectivity index (χ2n) is 14.6. The molecule has 3 rings (SSSR count). The summed E-state index contributed by atoms with van der Waals surface area (Å²) < 4.78 is 0. The first kappa shape index (κ1) is 52.8. The fourth-order valence-electron chi connectivity index (χ4n) is 6.39. The third-order valence-electron chi connectivity index (χ3n) is 9.76. The molecule has 0 radical (unpaired) electrons. The number of carbonyl (C=O) groups is 9. The first-order valence-electron chi connectivity index (χ1n) is 19.6. The number of nitrogens with two attached hydrogens (primary N) is 4. The van der Waals surface area contributed by atoms with Gasteiger partial charge in [-0.15, -0.1) is 23.5 Å². The van der Waals surface area contributed by atoms with E-state index in [0.29, 0.717) is 6.42 Å². The summed E-state index contributed by atoms with van der Waals surface area (Å²) in [7, 11) is 0. The zero-order chi connectivity index (χ0) is 48.5. The van der Waals surface area contributed by atoms with Crippen molar-refractivity contribution in [3.63, 3.8) is 0 Å². The molecule has 65 heavy (non-hydrogen) atoms. The molecule has 2 heterocycles. The molecule has 27 nitrogen and oxygen atoms in total. The van der Waals surface area contributed by atoms with Crippen LogP contribution in [0.1, 0.15) is 66.8 Å². The highest BCUT2D eigenvalue weighted by Gasteiger charge is 2.43. The van der Waals surface area contributed by atoms with Crippen molar-refractivity contribution in [1.29, 1.82) is 0 Å². The molecule has 1 aliphatic carbocycles. The molecule has 0 aromatic carbocycles. The number of amides is 4. The second-order valence-corrected chi connectivity index (χ2v) is 16.9. The van der Waals surface area contributed by atoms with Gasteiger partial charge in [0.2, 0.25) is 23.6 Å². The van der Waals surface area contributed by atoms with Crippen LogP contribution in [0, 0.1) is 11.8 Å². The third-order valence-corrected chi connectivity index (χ3v) is 12.7. The molecule has 2 aromatic rings. The van der Waals surface area contributed by atoms with E-state index in [-0.39, 0.29) is 48.6 Å². The highest BCUT2D eigenvalue weighted by atomic mass is 32.2. The van der Waals surface area contributed by atoms with Crippen LogP contribution in [-0.4, -0.2) is 142 Å². The van der Waals surface area contributed by atoms with Crippen LogP contribution in [-0.2, 0) is 43.2 Å². The van der Waals surface area contributed by atoms with Gasteiger partial charge in [-0.1, -0.05) is 6.42 Å². The quantitative estimate of drug-likeness (QED) is 0.0427. The molecule has 8 atom stereocenters. The lowest BCUT2D eigenvalue weighted by atomic mass is 9.76. The fourth-order valence-corrected chi connectivity index (χ4v) is 9.24. The molecule has 0 aliphatic heterocycles. The number of ketones is 1. The van der Waals surface area contributed by atoms with Gasteiger partial charge in [-0.05, 0) is 25.7 Å². The number of rotatable bonds is 26. The molecule has 0 spiro atoms. The lowest BCUT2D eigenvalue weighted by Gasteiger charge is -2.36. The normalized spacial score (nSPS) is 17.5. The number of nitrogens with one attached hydrogen (secondary N) is 6. The van der Waals surface area contributed by atoms with Gasteiger partial charge in [-0.25, -0.2) is 9.97 Å². The van der Waals surface area contributed by atoms with Gasteiger partial charge in [0, 0.05) is 48.6 Å². The maximum Gasteiger partial charge on any atom is 0.322 e.